The zero-order chi connectivity index (χ0) is 14.5. The van der Waals surface area contributed by atoms with E-state index in [2.05, 4.69) is 13.8 Å². The summed E-state index contributed by atoms with van der Waals surface area (Å²) in [5.74, 6) is 0.972. The standard InChI is InChI=1S/C16H24N2O2/c1-12-5-6-15(10-13(12)2)20-9-7-16(19)18-8-3-4-14(17)11-18/h5-6,10,14H,3-4,7-9,11,17H2,1-2H3. The van der Waals surface area contributed by atoms with Gasteiger partial charge in [-0.25, -0.2) is 0 Å². The van der Waals surface area contributed by atoms with Gasteiger partial charge in [0.05, 0.1) is 13.0 Å². The lowest BCUT2D eigenvalue weighted by molar-refractivity contribution is -0.132. The minimum absolute atomic E-state index is 0.133. The number of hydrogen-bond acceptors (Lipinski definition) is 3. The second-order valence-electron chi connectivity index (χ2n) is 5.59. The third-order valence-corrected chi connectivity index (χ3v) is 3.87. The predicted octanol–water partition coefficient (Wildman–Crippen LogP) is 2.02. The van der Waals surface area contributed by atoms with Crippen molar-refractivity contribution in [3.05, 3.63) is 29.3 Å². The predicted molar refractivity (Wildman–Crippen MR) is 79.8 cm³/mol. The Morgan fingerprint density at radius 1 is 1.40 bits per heavy atom. The number of benzene rings is 1. The summed E-state index contributed by atoms with van der Waals surface area (Å²) in [5.41, 5.74) is 8.34. The molecule has 1 aromatic rings. The lowest BCUT2D eigenvalue weighted by Gasteiger charge is -2.30. The number of hydrogen-bond donors (Lipinski definition) is 1. The number of nitrogens with zero attached hydrogens (tertiary/aromatic N) is 1. The number of piperidine rings is 1. The van der Waals surface area contributed by atoms with E-state index >= 15 is 0 Å². The highest BCUT2D eigenvalue weighted by Crippen LogP contribution is 2.17. The first-order chi connectivity index (χ1) is 9.56. The van der Waals surface area contributed by atoms with Crippen molar-refractivity contribution < 1.29 is 9.53 Å². The van der Waals surface area contributed by atoms with Crippen molar-refractivity contribution in [1.82, 2.24) is 4.90 Å². The van der Waals surface area contributed by atoms with E-state index in [-0.39, 0.29) is 11.9 Å². The molecule has 1 amide bonds. The Hall–Kier alpha value is -1.55. The van der Waals surface area contributed by atoms with Crippen LogP contribution in [0.15, 0.2) is 18.2 Å². The molecule has 0 aromatic heterocycles. The molecular weight excluding hydrogens is 252 g/mol. The summed E-state index contributed by atoms with van der Waals surface area (Å²) >= 11 is 0. The van der Waals surface area contributed by atoms with Gasteiger partial charge < -0.3 is 15.4 Å². The SMILES string of the molecule is Cc1ccc(OCCC(=O)N2CCCC(N)C2)cc1C. The second-order valence-corrected chi connectivity index (χ2v) is 5.59. The maximum absolute atomic E-state index is 12.0. The number of likely N-dealkylation sites (tertiary alicyclic amines) is 1. The first-order valence-electron chi connectivity index (χ1n) is 7.29. The van der Waals surface area contributed by atoms with Crippen LogP contribution in [-0.2, 0) is 4.79 Å². The molecule has 0 spiro atoms. The highest BCUT2D eigenvalue weighted by atomic mass is 16.5. The van der Waals surface area contributed by atoms with Gasteiger partial charge in [0.25, 0.3) is 0 Å². The third kappa shape index (κ3) is 3.97. The van der Waals surface area contributed by atoms with E-state index in [0.29, 0.717) is 19.6 Å². The van der Waals surface area contributed by atoms with Crippen LogP contribution in [0.5, 0.6) is 5.75 Å². The van der Waals surface area contributed by atoms with Crippen molar-refractivity contribution in [2.24, 2.45) is 5.73 Å². The molecule has 1 fully saturated rings. The Bertz CT molecular complexity index is 474. The summed E-state index contributed by atoms with van der Waals surface area (Å²) in [4.78, 5) is 13.9. The molecule has 20 heavy (non-hydrogen) atoms. The van der Waals surface area contributed by atoms with Crippen LogP contribution in [-0.4, -0.2) is 36.5 Å². The van der Waals surface area contributed by atoms with Gasteiger partial charge in [0.15, 0.2) is 0 Å². The van der Waals surface area contributed by atoms with E-state index in [1.807, 2.05) is 23.1 Å². The fourth-order valence-corrected chi connectivity index (χ4v) is 2.45. The van der Waals surface area contributed by atoms with Gasteiger partial charge in [0, 0.05) is 19.1 Å². The Kier molecular flexibility index (Phi) is 5.01. The van der Waals surface area contributed by atoms with Crippen molar-refractivity contribution >= 4 is 5.91 Å². The Labute approximate surface area is 120 Å². The van der Waals surface area contributed by atoms with Crippen LogP contribution >= 0.6 is 0 Å². The summed E-state index contributed by atoms with van der Waals surface area (Å²) in [6.45, 7) is 6.07. The molecule has 0 aliphatic carbocycles. The molecule has 1 aliphatic rings. The highest BCUT2D eigenvalue weighted by molar-refractivity contribution is 5.76. The topological polar surface area (TPSA) is 55.6 Å². The molecular formula is C16H24N2O2. The second kappa shape index (κ2) is 6.75. The zero-order valence-corrected chi connectivity index (χ0v) is 12.4. The summed E-state index contributed by atoms with van der Waals surface area (Å²) in [6, 6.07) is 6.13. The van der Waals surface area contributed by atoms with E-state index < -0.39 is 0 Å². The summed E-state index contributed by atoms with van der Waals surface area (Å²) in [7, 11) is 0. The number of rotatable bonds is 4. The normalized spacial score (nSPS) is 18.9. The fraction of sp³-hybridized carbons (Fsp3) is 0.562. The third-order valence-electron chi connectivity index (χ3n) is 3.87. The lowest BCUT2D eigenvalue weighted by Crippen LogP contribution is -2.46. The number of nitrogens with two attached hydrogens (primary N) is 1. The zero-order valence-electron chi connectivity index (χ0n) is 12.4. The van der Waals surface area contributed by atoms with Crippen LogP contribution in [0, 0.1) is 13.8 Å². The molecule has 2 rings (SSSR count). The van der Waals surface area contributed by atoms with Gasteiger partial charge in [-0.15, -0.1) is 0 Å². The van der Waals surface area contributed by atoms with Crippen LogP contribution in [0.1, 0.15) is 30.4 Å². The smallest absolute Gasteiger partial charge is 0.226 e. The highest BCUT2D eigenvalue weighted by Gasteiger charge is 2.20. The van der Waals surface area contributed by atoms with Crippen molar-refractivity contribution in [1.29, 1.82) is 0 Å². The maximum atomic E-state index is 12.0. The van der Waals surface area contributed by atoms with E-state index in [1.165, 1.54) is 11.1 Å². The summed E-state index contributed by atoms with van der Waals surface area (Å²) in [6.07, 6.45) is 2.44. The van der Waals surface area contributed by atoms with Gasteiger partial charge in [0.1, 0.15) is 5.75 Å². The van der Waals surface area contributed by atoms with Crippen LogP contribution in [0.4, 0.5) is 0 Å². The fourth-order valence-electron chi connectivity index (χ4n) is 2.45. The number of carbonyl (C=O) groups excluding carboxylic acids is 1. The molecule has 1 atom stereocenters. The van der Waals surface area contributed by atoms with Crippen LogP contribution in [0.3, 0.4) is 0 Å². The molecule has 1 aliphatic heterocycles. The Balaban J connectivity index is 1.77. The van der Waals surface area contributed by atoms with Crippen molar-refractivity contribution in [3.63, 3.8) is 0 Å². The molecule has 1 unspecified atom stereocenters. The lowest BCUT2D eigenvalue weighted by atomic mass is 10.1. The molecule has 2 N–H and O–H groups in total. The van der Waals surface area contributed by atoms with E-state index in [4.69, 9.17) is 10.5 Å². The van der Waals surface area contributed by atoms with Gasteiger partial charge in [0.2, 0.25) is 5.91 Å². The van der Waals surface area contributed by atoms with Gasteiger partial charge in [-0.3, -0.25) is 4.79 Å². The molecule has 0 bridgehead atoms. The van der Waals surface area contributed by atoms with Gasteiger partial charge in [-0.2, -0.15) is 0 Å². The number of aryl methyl sites for hydroxylation is 2. The Morgan fingerprint density at radius 2 is 2.20 bits per heavy atom. The van der Waals surface area contributed by atoms with Gasteiger partial charge in [-0.1, -0.05) is 6.07 Å². The average Bonchev–Trinajstić information content (AvgIpc) is 2.42. The number of amides is 1. The average molecular weight is 276 g/mol. The van der Waals surface area contributed by atoms with E-state index in [9.17, 15) is 4.79 Å². The minimum atomic E-state index is 0.133. The van der Waals surface area contributed by atoms with Crippen LogP contribution in [0.2, 0.25) is 0 Å². The van der Waals surface area contributed by atoms with Crippen LogP contribution < -0.4 is 10.5 Å². The van der Waals surface area contributed by atoms with E-state index in [0.717, 1.165) is 25.1 Å². The van der Waals surface area contributed by atoms with E-state index in [1.54, 1.807) is 0 Å². The molecule has 0 radical (unpaired) electrons. The first kappa shape index (κ1) is 14.9. The molecule has 1 saturated heterocycles. The molecule has 110 valence electrons. The monoisotopic (exact) mass is 276 g/mol. The largest absolute Gasteiger partial charge is 0.493 e. The number of carbonyl (C=O) groups is 1. The molecule has 1 heterocycles. The molecule has 0 saturated carbocycles. The Morgan fingerprint density at radius 3 is 2.90 bits per heavy atom. The molecule has 4 heteroatoms. The summed E-state index contributed by atoms with van der Waals surface area (Å²) < 4.78 is 5.65. The van der Waals surface area contributed by atoms with Crippen molar-refractivity contribution in [2.45, 2.75) is 39.2 Å². The van der Waals surface area contributed by atoms with Crippen molar-refractivity contribution in [3.8, 4) is 5.75 Å². The molecule has 1 aromatic carbocycles. The minimum Gasteiger partial charge on any atom is -0.493 e. The number of ether oxygens (including phenoxy) is 1. The van der Waals surface area contributed by atoms with Gasteiger partial charge in [-0.05, 0) is 49.9 Å². The van der Waals surface area contributed by atoms with Crippen LogP contribution in [0.25, 0.3) is 0 Å². The maximum Gasteiger partial charge on any atom is 0.226 e. The quantitative estimate of drug-likeness (QED) is 0.915. The van der Waals surface area contributed by atoms with Crippen molar-refractivity contribution in [2.75, 3.05) is 19.7 Å². The van der Waals surface area contributed by atoms with Gasteiger partial charge >= 0.3 is 0 Å². The first-order valence-corrected chi connectivity index (χ1v) is 7.29. The summed E-state index contributed by atoms with van der Waals surface area (Å²) in [5, 5.41) is 0. The molecule has 4 nitrogen and oxygen atoms in total.